The van der Waals surface area contributed by atoms with E-state index in [0.29, 0.717) is 44.3 Å². The maximum absolute atomic E-state index is 14.7. The third-order valence-corrected chi connectivity index (χ3v) is 6.83. The van der Waals surface area contributed by atoms with Crippen LogP contribution in [0, 0.1) is 11.7 Å². The number of halogens is 1. The van der Waals surface area contributed by atoms with Gasteiger partial charge in [0.05, 0.1) is 12.2 Å². The van der Waals surface area contributed by atoms with Crippen molar-refractivity contribution in [3.05, 3.63) is 54.3 Å². The topological polar surface area (TPSA) is 101 Å². The minimum absolute atomic E-state index is 0.0768. The molecule has 2 heterocycles. The molecule has 0 spiro atoms. The molecule has 1 saturated heterocycles. The Bertz CT molecular complexity index is 1240. The zero-order valence-electron chi connectivity index (χ0n) is 21.3. The Hall–Kier alpha value is -3.79. The second kappa shape index (κ2) is 12.2. The number of carbonyl (C=O) groups excluding carboxylic acids is 2. The van der Waals surface area contributed by atoms with Crippen molar-refractivity contribution in [2.45, 2.75) is 25.7 Å². The number of hydrogen-bond donors (Lipinski definition) is 1. The lowest BCUT2D eigenvalue weighted by Gasteiger charge is -2.34. The number of piperazine rings is 1. The van der Waals surface area contributed by atoms with Gasteiger partial charge in [0.2, 0.25) is 17.6 Å². The van der Waals surface area contributed by atoms with E-state index in [1.807, 2.05) is 35.2 Å². The lowest BCUT2D eigenvalue weighted by Crippen LogP contribution is -2.49. The standard InChI is InChI=1S/C28H32FN5O4/c29-24-19-22(9-10-23(24)26-31-28(38-32-26)21-5-2-1-3-6-21)37-18-4-13-33-14-16-34(17-15-33)25(35)11-12-30-27(36)20-7-8-20/h1-3,5-6,9-10,19-20H,4,7-8,11-18H2,(H,30,36). The Morgan fingerprint density at radius 3 is 2.61 bits per heavy atom. The van der Waals surface area contributed by atoms with Gasteiger partial charge in [-0.15, -0.1) is 0 Å². The van der Waals surface area contributed by atoms with Crippen LogP contribution in [0.3, 0.4) is 0 Å². The number of nitrogens with one attached hydrogen (secondary N) is 1. The molecule has 1 saturated carbocycles. The summed E-state index contributed by atoms with van der Waals surface area (Å²) < 4.78 is 25.8. The first-order chi connectivity index (χ1) is 18.6. The van der Waals surface area contributed by atoms with E-state index in [9.17, 15) is 14.0 Å². The second-order valence-corrected chi connectivity index (χ2v) is 9.67. The van der Waals surface area contributed by atoms with Gasteiger partial charge < -0.3 is 19.5 Å². The first-order valence-electron chi connectivity index (χ1n) is 13.2. The Labute approximate surface area is 220 Å². The van der Waals surface area contributed by atoms with Crippen LogP contribution in [0.4, 0.5) is 4.39 Å². The van der Waals surface area contributed by atoms with Gasteiger partial charge in [-0.05, 0) is 43.5 Å². The molecule has 200 valence electrons. The summed E-state index contributed by atoms with van der Waals surface area (Å²) in [5, 5.41) is 6.76. The monoisotopic (exact) mass is 521 g/mol. The van der Waals surface area contributed by atoms with Crippen LogP contribution in [0.25, 0.3) is 22.8 Å². The SMILES string of the molecule is O=C(NCCC(=O)N1CCN(CCCOc2ccc(-c3noc(-c4ccccc4)n3)c(F)c2)CC1)C1CC1. The molecule has 1 aliphatic heterocycles. The molecular formula is C28H32FN5O4. The van der Waals surface area contributed by atoms with Gasteiger partial charge in [0.1, 0.15) is 11.6 Å². The molecule has 0 atom stereocenters. The van der Waals surface area contributed by atoms with Crippen LogP contribution in [-0.4, -0.2) is 77.6 Å². The van der Waals surface area contributed by atoms with Gasteiger partial charge in [0.15, 0.2) is 0 Å². The first kappa shape index (κ1) is 25.8. The van der Waals surface area contributed by atoms with Crippen LogP contribution in [0.15, 0.2) is 53.1 Å². The number of ether oxygens (including phenoxy) is 1. The summed E-state index contributed by atoms with van der Waals surface area (Å²) in [6.07, 6.45) is 3.07. The number of rotatable bonds is 11. The minimum atomic E-state index is -0.476. The van der Waals surface area contributed by atoms with Gasteiger partial charge in [0.25, 0.3) is 5.89 Å². The van der Waals surface area contributed by atoms with Crippen LogP contribution < -0.4 is 10.1 Å². The van der Waals surface area contributed by atoms with E-state index >= 15 is 0 Å². The van der Waals surface area contributed by atoms with Crippen molar-refractivity contribution >= 4 is 11.8 Å². The molecule has 0 radical (unpaired) electrons. The van der Waals surface area contributed by atoms with Crippen molar-refractivity contribution in [1.82, 2.24) is 25.3 Å². The molecule has 5 rings (SSSR count). The number of carbonyl (C=O) groups is 2. The molecule has 2 amide bonds. The maximum Gasteiger partial charge on any atom is 0.258 e. The smallest absolute Gasteiger partial charge is 0.258 e. The molecule has 2 aromatic carbocycles. The summed E-state index contributed by atoms with van der Waals surface area (Å²) in [6, 6.07) is 14.0. The third-order valence-electron chi connectivity index (χ3n) is 6.83. The highest BCUT2D eigenvalue weighted by Crippen LogP contribution is 2.29. The molecule has 1 N–H and O–H groups in total. The predicted octanol–water partition coefficient (Wildman–Crippen LogP) is 3.37. The van der Waals surface area contributed by atoms with E-state index in [2.05, 4.69) is 20.4 Å². The van der Waals surface area contributed by atoms with Crippen molar-refractivity contribution in [2.24, 2.45) is 5.92 Å². The van der Waals surface area contributed by atoms with Crippen LogP contribution in [0.1, 0.15) is 25.7 Å². The summed E-state index contributed by atoms with van der Waals surface area (Å²) in [5.74, 6) is 0.829. The van der Waals surface area contributed by atoms with Crippen molar-refractivity contribution in [3.8, 4) is 28.6 Å². The molecule has 3 aromatic rings. The first-order valence-corrected chi connectivity index (χ1v) is 13.2. The summed E-state index contributed by atoms with van der Waals surface area (Å²) in [7, 11) is 0. The fourth-order valence-corrected chi connectivity index (χ4v) is 4.44. The second-order valence-electron chi connectivity index (χ2n) is 9.67. The van der Waals surface area contributed by atoms with Crippen LogP contribution in [0.5, 0.6) is 5.75 Å². The van der Waals surface area contributed by atoms with Crippen LogP contribution in [-0.2, 0) is 9.59 Å². The Morgan fingerprint density at radius 1 is 1.08 bits per heavy atom. The molecular weight excluding hydrogens is 489 g/mol. The molecule has 2 fully saturated rings. The van der Waals surface area contributed by atoms with E-state index in [-0.39, 0.29) is 29.1 Å². The zero-order valence-corrected chi connectivity index (χ0v) is 21.3. The van der Waals surface area contributed by atoms with Crippen molar-refractivity contribution in [2.75, 3.05) is 45.9 Å². The van der Waals surface area contributed by atoms with Gasteiger partial charge in [-0.25, -0.2) is 4.39 Å². The normalized spacial score (nSPS) is 15.9. The molecule has 2 aliphatic rings. The highest BCUT2D eigenvalue weighted by molar-refractivity contribution is 5.82. The van der Waals surface area contributed by atoms with E-state index in [1.165, 1.54) is 6.07 Å². The third kappa shape index (κ3) is 6.74. The molecule has 9 nitrogen and oxygen atoms in total. The van der Waals surface area contributed by atoms with Crippen molar-refractivity contribution in [3.63, 3.8) is 0 Å². The quantitative estimate of drug-likeness (QED) is 0.386. The number of nitrogens with zero attached hydrogens (tertiary/aromatic N) is 4. The number of hydrogen-bond acceptors (Lipinski definition) is 7. The van der Waals surface area contributed by atoms with Crippen molar-refractivity contribution < 1.29 is 23.2 Å². The van der Waals surface area contributed by atoms with Crippen LogP contribution >= 0.6 is 0 Å². The average Bonchev–Trinajstić information content (AvgIpc) is 3.69. The molecule has 0 unspecified atom stereocenters. The molecule has 1 aromatic heterocycles. The summed E-state index contributed by atoms with van der Waals surface area (Å²) >= 11 is 0. The maximum atomic E-state index is 14.7. The van der Waals surface area contributed by atoms with E-state index in [0.717, 1.165) is 44.5 Å². The largest absolute Gasteiger partial charge is 0.493 e. The van der Waals surface area contributed by atoms with E-state index in [1.54, 1.807) is 12.1 Å². The average molecular weight is 522 g/mol. The molecule has 10 heteroatoms. The molecule has 0 bridgehead atoms. The number of benzene rings is 2. The highest BCUT2D eigenvalue weighted by Gasteiger charge is 2.29. The summed E-state index contributed by atoms with van der Waals surface area (Å²) in [5.41, 5.74) is 1.02. The Morgan fingerprint density at radius 2 is 1.87 bits per heavy atom. The summed E-state index contributed by atoms with van der Waals surface area (Å²) in [6.45, 7) is 4.69. The Balaban J connectivity index is 1.00. The summed E-state index contributed by atoms with van der Waals surface area (Å²) in [4.78, 5) is 32.5. The van der Waals surface area contributed by atoms with E-state index < -0.39 is 5.82 Å². The number of aromatic nitrogens is 2. The fourth-order valence-electron chi connectivity index (χ4n) is 4.44. The highest BCUT2D eigenvalue weighted by atomic mass is 19.1. The van der Waals surface area contributed by atoms with Crippen molar-refractivity contribution in [1.29, 1.82) is 0 Å². The van der Waals surface area contributed by atoms with Gasteiger partial charge in [0, 0.05) is 63.2 Å². The minimum Gasteiger partial charge on any atom is -0.493 e. The van der Waals surface area contributed by atoms with E-state index in [4.69, 9.17) is 9.26 Å². The predicted molar refractivity (Wildman–Crippen MR) is 139 cm³/mol. The van der Waals surface area contributed by atoms with Gasteiger partial charge >= 0.3 is 0 Å². The number of amides is 2. The molecule has 38 heavy (non-hydrogen) atoms. The fraction of sp³-hybridized carbons (Fsp3) is 0.429. The molecule has 1 aliphatic carbocycles. The lowest BCUT2D eigenvalue weighted by molar-refractivity contribution is -0.133. The van der Waals surface area contributed by atoms with Gasteiger partial charge in [-0.1, -0.05) is 23.4 Å². The van der Waals surface area contributed by atoms with Gasteiger partial charge in [-0.3, -0.25) is 14.5 Å². The lowest BCUT2D eigenvalue weighted by atomic mass is 10.2. The Kier molecular flexibility index (Phi) is 8.28. The zero-order chi connectivity index (χ0) is 26.3. The van der Waals surface area contributed by atoms with Crippen LogP contribution in [0.2, 0.25) is 0 Å². The van der Waals surface area contributed by atoms with Gasteiger partial charge in [-0.2, -0.15) is 4.98 Å².